The molecule has 15 heavy (non-hydrogen) atoms. The first kappa shape index (κ1) is 13.9. The minimum Gasteiger partial charge on any atom is -0.481 e. The molecule has 0 heterocycles. The second-order valence-corrected chi connectivity index (χ2v) is 5.04. The van der Waals surface area contributed by atoms with Crippen molar-refractivity contribution in [3.8, 4) is 0 Å². The molecule has 0 radical (unpaired) electrons. The molecule has 0 saturated heterocycles. The van der Waals surface area contributed by atoms with Crippen LogP contribution in [0.5, 0.6) is 0 Å². The molecule has 0 saturated carbocycles. The van der Waals surface area contributed by atoms with Crippen molar-refractivity contribution in [1.29, 1.82) is 0 Å². The van der Waals surface area contributed by atoms with Gasteiger partial charge in [-0.2, -0.15) is 0 Å². The van der Waals surface area contributed by atoms with E-state index >= 15 is 0 Å². The van der Waals surface area contributed by atoms with Crippen molar-refractivity contribution in [3.63, 3.8) is 0 Å². The molecular formula is C10H20N2O3. The van der Waals surface area contributed by atoms with Crippen LogP contribution in [-0.4, -0.2) is 30.1 Å². The minimum absolute atomic E-state index is 0.305. The summed E-state index contributed by atoms with van der Waals surface area (Å²) in [7, 11) is 0. The molecule has 0 spiro atoms. The van der Waals surface area contributed by atoms with E-state index in [1.807, 2.05) is 0 Å². The van der Waals surface area contributed by atoms with Crippen molar-refractivity contribution in [3.05, 3.63) is 0 Å². The average Bonchev–Trinajstić information content (AvgIpc) is 2.02. The minimum atomic E-state index is -0.869. The summed E-state index contributed by atoms with van der Waals surface area (Å²) >= 11 is 0. The maximum absolute atomic E-state index is 11.0. The second-order valence-electron chi connectivity index (χ2n) is 5.04. The predicted molar refractivity (Wildman–Crippen MR) is 57.3 cm³/mol. The van der Waals surface area contributed by atoms with E-state index in [-0.39, 0.29) is 0 Å². The zero-order valence-corrected chi connectivity index (χ0v) is 9.76. The van der Waals surface area contributed by atoms with Gasteiger partial charge in [0, 0.05) is 13.1 Å². The fourth-order valence-electron chi connectivity index (χ4n) is 0.850. The van der Waals surface area contributed by atoms with Gasteiger partial charge >= 0.3 is 5.97 Å². The Labute approximate surface area is 90.0 Å². The van der Waals surface area contributed by atoms with Crippen LogP contribution in [0.4, 0.5) is 0 Å². The molecular weight excluding hydrogens is 196 g/mol. The van der Waals surface area contributed by atoms with Gasteiger partial charge < -0.3 is 16.2 Å². The smallest absolute Gasteiger partial charge is 0.310 e. The lowest BCUT2D eigenvalue weighted by Crippen LogP contribution is -2.44. The number of hydrogen-bond acceptors (Lipinski definition) is 3. The van der Waals surface area contributed by atoms with Gasteiger partial charge in [0.15, 0.2) is 0 Å². The third-order valence-corrected chi connectivity index (χ3v) is 2.38. The number of rotatable bonds is 6. The second kappa shape index (κ2) is 4.61. The standard InChI is InChI=1S/C10H20N2O3/c1-9(2,7(11)13)5-12-6-10(3,4)8(14)15/h12H,5-6H2,1-4H3,(H2,11,13)(H,14,15). The molecule has 0 rings (SSSR count). The molecule has 0 aromatic rings. The van der Waals surface area contributed by atoms with Crippen LogP contribution in [0, 0.1) is 10.8 Å². The van der Waals surface area contributed by atoms with Gasteiger partial charge in [-0.15, -0.1) is 0 Å². The highest BCUT2D eigenvalue weighted by Crippen LogP contribution is 2.16. The lowest BCUT2D eigenvalue weighted by Gasteiger charge is -2.25. The van der Waals surface area contributed by atoms with Crippen LogP contribution in [0.15, 0.2) is 0 Å². The molecule has 0 fully saturated rings. The van der Waals surface area contributed by atoms with Crippen molar-refractivity contribution >= 4 is 11.9 Å². The van der Waals surface area contributed by atoms with Gasteiger partial charge in [0.1, 0.15) is 0 Å². The number of amides is 1. The monoisotopic (exact) mass is 216 g/mol. The first-order chi connectivity index (χ1) is 6.59. The Morgan fingerprint density at radius 1 is 1.13 bits per heavy atom. The Kier molecular flexibility index (Phi) is 4.27. The van der Waals surface area contributed by atoms with E-state index in [1.54, 1.807) is 27.7 Å². The molecule has 0 unspecified atom stereocenters. The summed E-state index contributed by atoms with van der Waals surface area (Å²) in [5.74, 6) is -1.27. The summed E-state index contributed by atoms with van der Waals surface area (Å²) in [6.07, 6.45) is 0. The van der Waals surface area contributed by atoms with Gasteiger partial charge in [0.25, 0.3) is 0 Å². The van der Waals surface area contributed by atoms with E-state index in [0.29, 0.717) is 13.1 Å². The van der Waals surface area contributed by atoms with Gasteiger partial charge in [-0.25, -0.2) is 0 Å². The number of aliphatic carboxylic acids is 1. The van der Waals surface area contributed by atoms with E-state index in [9.17, 15) is 9.59 Å². The number of carbonyl (C=O) groups is 2. The summed E-state index contributed by atoms with van der Waals surface area (Å²) in [6.45, 7) is 7.36. The lowest BCUT2D eigenvalue weighted by atomic mass is 9.90. The van der Waals surface area contributed by atoms with Crippen LogP contribution < -0.4 is 11.1 Å². The zero-order valence-electron chi connectivity index (χ0n) is 9.76. The van der Waals surface area contributed by atoms with Crippen LogP contribution in [-0.2, 0) is 9.59 Å². The Bertz CT molecular complexity index is 233. The normalized spacial score (nSPS) is 12.5. The van der Waals surface area contributed by atoms with Crippen LogP contribution in [0.1, 0.15) is 27.7 Å². The molecule has 5 heteroatoms. The fourth-order valence-corrected chi connectivity index (χ4v) is 0.850. The van der Waals surface area contributed by atoms with E-state index in [4.69, 9.17) is 10.8 Å². The highest BCUT2D eigenvalue weighted by molar-refractivity contribution is 5.80. The fraction of sp³-hybridized carbons (Fsp3) is 0.800. The Morgan fingerprint density at radius 2 is 1.53 bits per heavy atom. The van der Waals surface area contributed by atoms with Crippen LogP contribution >= 0.6 is 0 Å². The molecule has 88 valence electrons. The molecule has 5 nitrogen and oxygen atoms in total. The van der Waals surface area contributed by atoms with Crippen molar-refractivity contribution in [2.75, 3.05) is 13.1 Å². The highest BCUT2D eigenvalue weighted by atomic mass is 16.4. The average molecular weight is 216 g/mol. The number of nitrogens with one attached hydrogen (secondary N) is 1. The third kappa shape index (κ3) is 4.29. The van der Waals surface area contributed by atoms with Gasteiger partial charge in [0.2, 0.25) is 5.91 Å². The Hall–Kier alpha value is -1.10. The largest absolute Gasteiger partial charge is 0.481 e. The molecule has 0 aromatic heterocycles. The molecule has 0 aliphatic heterocycles. The number of carboxylic acids is 1. The molecule has 1 amide bonds. The molecule has 0 aliphatic rings. The van der Waals surface area contributed by atoms with Gasteiger partial charge in [-0.1, -0.05) is 0 Å². The van der Waals surface area contributed by atoms with Crippen LogP contribution in [0.25, 0.3) is 0 Å². The van der Waals surface area contributed by atoms with Crippen molar-refractivity contribution < 1.29 is 14.7 Å². The summed E-state index contributed by atoms with van der Waals surface area (Å²) in [5.41, 5.74) is 3.69. The molecule has 0 bridgehead atoms. The summed E-state index contributed by atoms with van der Waals surface area (Å²) in [6, 6.07) is 0. The molecule has 4 N–H and O–H groups in total. The van der Waals surface area contributed by atoms with Gasteiger partial charge in [-0.3, -0.25) is 9.59 Å². The summed E-state index contributed by atoms with van der Waals surface area (Å²) < 4.78 is 0. The SMILES string of the molecule is CC(C)(CNCC(C)(C)C(=O)O)C(N)=O. The first-order valence-electron chi connectivity index (χ1n) is 4.83. The highest BCUT2D eigenvalue weighted by Gasteiger charge is 2.29. The maximum atomic E-state index is 11.0. The quantitative estimate of drug-likeness (QED) is 0.591. The summed E-state index contributed by atoms with van der Waals surface area (Å²) in [5, 5.41) is 11.8. The van der Waals surface area contributed by atoms with Crippen molar-refractivity contribution in [1.82, 2.24) is 5.32 Å². The Morgan fingerprint density at radius 3 is 1.87 bits per heavy atom. The van der Waals surface area contributed by atoms with E-state index in [2.05, 4.69) is 5.32 Å². The topological polar surface area (TPSA) is 92.4 Å². The van der Waals surface area contributed by atoms with Gasteiger partial charge in [0.05, 0.1) is 10.8 Å². The van der Waals surface area contributed by atoms with Crippen LogP contribution in [0.3, 0.4) is 0 Å². The van der Waals surface area contributed by atoms with Crippen LogP contribution in [0.2, 0.25) is 0 Å². The lowest BCUT2D eigenvalue weighted by molar-refractivity contribution is -0.146. The number of primary amides is 1. The maximum Gasteiger partial charge on any atom is 0.310 e. The molecule has 0 atom stereocenters. The predicted octanol–water partition coefficient (Wildman–Crippen LogP) is 0.198. The molecule has 0 aromatic carbocycles. The van der Waals surface area contributed by atoms with Gasteiger partial charge in [-0.05, 0) is 27.7 Å². The Balaban J connectivity index is 4.11. The number of carbonyl (C=O) groups excluding carboxylic acids is 1. The van der Waals surface area contributed by atoms with E-state index in [0.717, 1.165) is 0 Å². The molecule has 0 aliphatic carbocycles. The van der Waals surface area contributed by atoms with Crippen molar-refractivity contribution in [2.24, 2.45) is 16.6 Å². The third-order valence-electron chi connectivity index (χ3n) is 2.38. The number of nitrogens with two attached hydrogens (primary N) is 1. The van der Waals surface area contributed by atoms with E-state index < -0.39 is 22.7 Å². The van der Waals surface area contributed by atoms with E-state index in [1.165, 1.54) is 0 Å². The van der Waals surface area contributed by atoms with Crippen molar-refractivity contribution in [2.45, 2.75) is 27.7 Å². The number of carboxylic acid groups (broad SMARTS) is 1. The first-order valence-corrected chi connectivity index (χ1v) is 4.83. The number of hydrogen-bond donors (Lipinski definition) is 3. The zero-order chi connectivity index (χ0) is 12.3. The summed E-state index contributed by atoms with van der Waals surface area (Å²) in [4.78, 5) is 21.8.